The van der Waals surface area contributed by atoms with E-state index < -0.39 is 6.10 Å². The minimum atomic E-state index is -0.415. The van der Waals surface area contributed by atoms with Gasteiger partial charge in [-0.1, -0.05) is 18.6 Å². The fourth-order valence-electron chi connectivity index (χ4n) is 6.09. The summed E-state index contributed by atoms with van der Waals surface area (Å²) in [6, 6.07) is 14.4. The molecule has 0 radical (unpaired) electrons. The number of hydrogen-bond acceptors (Lipinski definition) is 4. The number of likely N-dealkylation sites (tertiary alicyclic amines) is 1. The molecule has 0 N–H and O–H groups in total. The van der Waals surface area contributed by atoms with E-state index in [-0.39, 0.29) is 5.91 Å². The molecule has 2 aliphatic carbocycles. The highest BCUT2D eigenvalue weighted by Gasteiger charge is 2.39. The predicted molar refractivity (Wildman–Crippen MR) is 138 cm³/mol. The number of benzene rings is 2. The van der Waals surface area contributed by atoms with E-state index in [1.807, 2.05) is 29.2 Å². The summed E-state index contributed by atoms with van der Waals surface area (Å²) in [5, 5.41) is 0. The Morgan fingerprint density at radius 2 is 1.71 bits per heavy atom. The van der Waals surface area contributed by atoms with E-state index in [1.165, 1.54) is 63.6 Å². The number of hydrogen-bond donors (Lipinski definition) is 0. The predicted octanol–water partition coefficient (Wildman–Crippen LogP) is 5.70. The first-order valence-electron chi connectivity index (χ1n) is 13.6. The average Bonchev–Trinajstić information content (AvgIpc) is 3.64. The molecule has 1 amide bonds. The Morgan fingerprint density at radius 3 is 2.37 bits per heavy atom. The lowest BCUT2D eigenvalue weighted by Crippen LogP contribution is -2.44. The Labute approximate surface area is 209 Å². The number of nitrogens with zero attached hydrogens (tertiary/aromatic N) is 2. The molecule has 1 spiro atoms. The maximum absolute atomic E-state index is 13.1. The molecule has 2 saturated heterocycles. The third-order valence-electron chi connectivity index (χ3n) is 8.83. The van der Waals surface area contributed by atoms with Gasteiger partial charge in [0, 0.05) is 25.2 Å². The van der Waals surface area contributed by atoms with Crippen LogP contribution < -0.4 is 14.4 Å². The first-order valence-corrected chi connectivity index (χ1v) is 13.6. The number of anilines is 1. The van der Waals surface area contributed by atoms with E-state index in [4.69, 9.17) is 9.47 Å². The second-order valence-corrected chi connectivity index (χ2v) is 11.2. The molecule has 2 aromatic carbocycles. The van der Waals surface area contributed by atoms with E-state index in [2.05, 4.69) is 30.0 Å². The lowest BCUT2D eigenvalue weighted by molar-refractivity contribution is -0.122. The molecule has 0 bridgehead atoms. The molecule has 2 aromatic rings. The number of rotatable bonds is 8. The summed E-state index contributed by atoms with van der Waals surface area (Å²) in [5.74, 6) is 2.47. The van der Waals surface area contributed by atoms with E-state index in [0.29, 0.717) is 25.0 Å². The molecule has 186 valence electrons. The first-order chi connectivity index (χ1) is 17.1. The van der Waals surface area contributed by atoms with Gasteiger partial charge in [0.25, 0.3) is 5.91 Å². The van der Waals surface area contributed by atoms with Crippen molar-refractivity contribution in [2.75, 3.05) is 37.7 Å². The Kier molecular flexibility index (Phi) is 6.21. The summed E-state index contributed by atoms with van der Waals surface area (Å²) in [7, 11) is 0. The Balaban J connectivity index is 0.996. The summed E-state index contributed by atoms with van der Waals surface area (Å²) >= 11 is 0. The Bertz CT molecular complexity index is 1050. The summed E-state index contributed by atoms with van der Waals surface area (Å²) in [6.45, 7) is 6.88. The van der Waals surface area contributed by atoms with Gasteiger partial charge in [-0.05, 0) is 111 Å². The molecular weight excluding hydrogens is 436 g/mol. The summed E-state index contributed by atoms with van der Waals surface area (Å²) in [4.78, 5) is 17.5. The molecule has 2 aliphatic heterocycles. The van der Waals surface area contributed by atoms with Crippen molar-refractivity contribution in [3.05, 3.63) is 53.6 Å². The van der Waals surface area contributed by atoms with Gasteiger partial charge < -0.3 is 14.4 Å². The third kappa shape index (κ3) is 4.93. The zero-order valence-corrected chi connectivity index (χ0v) is 21.0. The highest BCUT2D eigenvalue weighted by molar-refractivity contribution is 5.99. The van der Waals surface area contributed by atoms with Crippen molar-refractivity contribution in [1.82, 2.24) is 4.90 Å². The smallest absolute Gasteiger partial charge is 0.268 e. The first kappa shape index (κ1) is 22.9. The van der Waals surface area contributed by atoms with E-state index in [9.17, 15) is 4.79 Å². The maximum atomic E-state index is 13.1. The van der Waals surface area contributed by atoms with Crippen LogP contribution in [0.1, 0.15) is 68.4 Å². The number of aryl methyl sites for hydroxylation is 1. The van der Waals surface area contributed by atoms with Gasteiger partial charge >= 0.3 is 0 Å². The van der Waals surface area contributed by atoms with Crippen molar-refractivity contribution in [2.24, 2.45) is 5.41 Å². The molecule has 2 heterocycles. The SMILES string of the molecule is Cc1cc(N2CC[C@H](Oc3ccc(C4CC4)cc3)C2=O)ccc1OCCN1CCC2(CCC2)CC1. The molecule has 2 saturated carbocycles. The van der Waals surface area contributed by atoms with Gasteiger partial charge in [0.1, 0.15) is 18.1 Å². The van der Waals surface area contributed by atoms with Crippen LogP contribution in [0, 0.1) is 12.3 Å². The fraction of sp³-hybridized carbons (Fsp3) is 0.567. The fourth-order valence-corrected chi connectivity index (χ4v) is 6.09. The molecule has 6 rings (SSSR count). The van der Waals surface area contributed by atoms with Crippen LogP contribution in [0.25, 0.3) is 0 Å². The van der Waals surface area contributed by atoms with Crippen LogP contribution >= 0.6 is 0 Å². The highest BCUT2D eigenvalue weighted by atomic mass is 16.5. The van der Waals surface area contributed by atoms with Gasteiger partial charge in [0.05, 0.1) is 0 Å². The van der Waals surface area contributed by atoms with Crippen LogP contribution in [-0.2, 0) is 4.79 Å². The molecule has 0 unspecified atom stereocenters. The monoisotopic (exact) mass is 474 g/mol. The van der Waals surface area contributed by atoms with Gasteiger partial charge in [-0.15, -0.1) is 0 Å². The Morgan fingerprint density at radius 1 is 0.943 bits per heavy atom. The van der Waals surface area contributed by atoms with Crippen LogP contribution in [-0.4, -0.2) is 49.7 Å². The van der Waals surface area contributed by atoms with Crippen molar-refractivity contribution >= 4 is 11.6 Å². The minimum absolute atomic E-state index is 0.0404. The zero-order valence-electron chi connectivity index (χ0n) is 21.0. The second kappa shape index (κ2) is 9.50. The zero-order chi connectivity index (χ0) is 23.8. The summed E-state index contributed by atoms with van der Waals surface area (Å²) < 4.78 is 12.2. The van der Waals surface area contributed by atoms with E-state index >= 15 is 0 Å². The van der Waals surface area contributed by atoms with Crippen LogP contribution in [0.4, 0.5) is 5.69 Å². The van der Waals surface area contributed by atoms with E-state index in [0.717, 1.165) is 35.2 Å². The van der Waals surface area contributed by atoms with Gasteiger partial charge in [0.15, 0.2) is 6.10 Å². The van der Waals surface area contributed by atoms with Crippen molar-refractivity contribution in [3.8, 4) is 11.5 Å². The second-order valence-electron chi connectivity index (χ2n) is 11.2. The van der Waals surface area contributed by atoms with Gasteiger partial charge in [-0.2, -0.15) is 0 Å². The highest BCUT2D eigenvalue weighted by Crippen LogP contribution is 2.48. The summed E-state index contributed by atoms with van der Waals surface area (Å²) in [6.07, 6.45) is 9.92. The van der Waals surface area contributed by atoms with Crippen LogP contribution in [0.3, 0.4) is 0 Å². The molecule has 1 atom stereocenters. The lowest BCUT2D eigenvalue weighted by atomic mass is 9.63. The Hall–Kier alpha value is -2.53. The van der Waals surface area contributed by atoms with Crippen LogP contribution in [0.2, 0.25) is 0 Å². The average molecular weight is 475 g/mol. The van der Waals surface area contributed by atoms with Gasteiger partial charge in [-0.3, -0.25) is 9.69 Å². The van der Waals surface area contributed by atoms with Gasteiger partial charge in [0.2, 0.25) is 0 Å². The third-order valence-corrected chi connectivity index (χ3v) is 8.83. The number of carbonyl (C=O) groups is 1. The van der Waals surface area contributed by atoms with Crippen LogP contribution in [0.15, 0.2) is 42.5 Å². The summed E-state index contributed by atoms with van der Waals surface area (Å²) in [5.41, 5.74) is 4.08. The number of piperidine rings is 1. The maximum Gasteiger partial charge on any atom is 0.268 e. The van der Waals surface area contributed by atoms with Gasteiger partial charge in [-0.25, -0.2) is 0 Å². The number of ether oxygens (including phenoxy) is 2. The van der Waals surface area contributed by atoms with Crippen molar-refractivity contribution in [2.45, 2.75) is 70.3 Å². The standard InChI is InChI=1S/C30H38N2O3/c1-22-21-25(7-10-27(22)34-20-19-31-17-14-30(15-18-31)12-2-13-30)32-16-11-28(29(32)33)35-26-8-5-24(6-9-26)23-3-4-23/h5-10,21,23,28H,2-4,11-20H2,1H3/t28-/m0/s1. The quantitative estimate of drug-likeness (QED) is 0.492. The minimum Gasteiger partial charge on any atom is -0.492 e. The molecular formula is C30H38N2O3. The topological polar surface area (TPSA) is 42.0 Å². The lowest BCUT2D eigenvalue weighted by Gasteiger charge is -2.48. The van der Waals surface area contributed by atoms with Crippen LogP contribution in [0.5, 0.6) is 11.5 Å². The molecule has 0 aromatic heterocycles. The largest absolute Gasteiger partial charge is 0.492 e. The molecule has 5 nitrogen and oxygen atoms in total. The number of carbonyl (C=O) groups excluding carboxylic acids is 1. The number of amides is 1. The van der Waals surface area contributed by atoms with Crippen molar-refractivity contribution in [3.63, 3.8) is 0 Å². The molecule has 35 heavy (non-hydrogen) atoms. The molecule has 4 fully saturated rings. The molecule has 5 heteroatoms. The van der Waals surface area contributed by atoms with E-state index in [1.54, 1.807) is 0 Å². The molecule has 4 aliphatic rings. The van der Waals surface area contributed by atoms with Crippen molar-refractivity contribution < 1.29 is 14.3 Å². The van der Waals surface area contributed by atoms with Crippen molar-refractivity contribution in [1.29, 1.82) is 0 Å². The normalized spacial score (nSPS) is 24.0.